The van der Waals surface area contributed by atoms with Gasteiger partial charge in [-0.05, 0) is 31.5 Å². The number of thiophene rings is 1. The number of fused-ring (bicyclic) bond motifs is 1. The zero-order valence-electron chi connectivity index (χ0n) is 13.9. The SMILES string of the molecule is Cc1nnc2sc(C(=O)NCc3ccc(OC(F)F)cn3)c(N)c2c1C. The van der Waals surface area contributed by atoms with Gasteiger partial charge in [-0.25, -0.2) is 0 Å². The lowest BCUT2D eigenvalue weighted by atomic mass is 10.1. The predicted octanol–water partition coefficient (Wildman–Crippen LogP) is 2.82. The number of anilines is 1. The quantitative estimate of drug-likeness (QED) is 0.707. The third-order valence-corrected chi connectivity index (χ3v) is 4.88. The molecule has 10 heteroatoms. The van der Waals surface area contributed by atoms with Gasteiger partial charge in [0, 0.05) is 5.39 Å². The third-order valence-electron chi connectivity index (χ3n) is 3.79. The van der Waals surface area contributed by atoms with Crippen LogP contribution < -0.4 is 15.8 Å². The number of rotatable bonds is 5. The standard InChI is InChI=1S/C16H15F2N5O2S/c1-7-8(2)22-23-15-11(7)12(19)13(26-15)14(24)21-5-9-3-4-10(6-20-9)25-16(17)18/h3-4,6,16H,5,19H2,1-2H3,(H,21,24). The first-order valence-electron chi connectivity index (χ1n) is 7.56. The molecule has 136 valence electrons. The van der Waals surface area contributed by atoms with Crippen molar-refractivity contribution in [1.29, 1.82) is 0 Å². The van der Waals surface area contributed by atoms with Crippen LogP contribution in [0, 0.1) is 13.8 Å². The number of nitrogens with zero attached hydrogens (tertiary/aromatic N) is 3. The fourth-order valence-electron chi connectivity index (χ4n) is 2.35. The van der Waals surface area contributed by atoms with E-state index in [1.165, 1.54) is 18.3 Å². The number of nitrogens with two attached hydrogens (primary N) is 1. The van der Waals surface area contributed by atoms with Crippen LogP contribution >= 0.6 is 11.3 Å². The molecule has 3 aromatic rings. The van der Waals surface area contributed by atoms with Crippen LogP contribution in [0.1, 0.15) is 26.6 Å². The molecular formula is C16H15F2N5O2S. The third kappa shape index (κ3) is 3.54. The van der Waals surface area contributed by atoms with Gasteiger partial charge in [-0.3, -0.25) is 9.78 Å². The molecule has 0 unspecified atom stereocenters. The Morgan fingerprint density at radius 1 is 1.35 bits per heavy atom. The van der Waals surface area contributed by atoms with E-state index >= 15 is 0 Å². The predicted molar refractivity (Wildman–Crippen MR) is 93.3 cm³/mol. The van der Waals surface area contributed by atoms with E-state index in [1.54, 1.807) is 0 Å². The Morgan fingerprint density at radius 2 is 2.12 bits per heavy atom. The minimum Gasteiger partial charge on any atom is -0.433 e. The van der Waals surface area contributed by atoms with Gasteiger partial charge >= 0.3 is 6.61 Å². The van der Waals surface area contributed by atoms with Gasteiger partial charge < -0.3 is 15.8 Å². The second-order valence-electron chi connectivity index (χ2n) is 5.48. The minimum atomic E-state index is -2.91. The highest BCUT2D eigenvalue weighted by molar-refractivity contribution is 7.21. The van der Waals surface area contributed by atoms with Crippen LogP contribution in [0.15, 0.2) is 18.3 Å². The largest absolute Gasteiger partial charge is 0.433 e. The number of alkyl halides is 2. The molecule has 1 amide bonds. The molecule has 0 saturated carbocycles. The van der Waals surface area contributed by atoms with E-state index < -0.39 is 6.61 Å². The van der Waals surface area contributed by atoms with Gasteiger partial charge in [-0.2, -0.15) is 13.9 Å². The highest BCUT2D eigenvalue weighted by Gasteiger charge is 2.19. The lowest BCUT2D eigenvalue weighted by Crippen LogP contribution is -2.23. The number of pyridine rings is 1. The monoisotopic (exact) mass is 379 g/mol. The van der Waals surface area contributed by atoms with E-state index in [2.05, 4.69) is 25.2 Å². The van der Waals surface area contributed by atoms with Crippen molar-refractivity contribution >= 4 is 33.1 Å². The van der Waals surface area contributed by atoms with E-state index in [0.717, 1.165) is 28.0 Å². The number of nitrogen functional groups attached to an aromatic ring is 1. The van der Waals surface area contributed by atoms with E-state index in [9.17, 15) is 13.6 Å². The molecule has 3 aromatic heterocycles. The van der Waals surface area contributed by atoms with Gasteiger partial charge in [0.2, 0.25) is 0 Å². The number of halogens is 2. The molecule has 0 spiro atoms. The molecular weight excluding hydrogens is 364 g/mol. The maximum atomic E-state index is 12.4. The van der Waals surface area contributed by atoms with Crippen molar-refractivity contribution in [3.63, 3.8) is 0 Å². The van der Waals surface area contributed by atoms with Crippen LogP contribution in [-0.2, 0) is 6.54 Å². The summed E-state index contributed by atoms with van der Waals surface area (Å²) in [6.45, 7) is 0.912. The number of aryl methyl sites for hydroxylation is 2. The molecule has 0 aliphatic carbocycles. The van der Waals surface area contributed by atoms with Gasteiger partial charge in [0.1, 0.15) is 15.5 Å². The van der Waals surface area contributed by atoms with Crippen molar-refractivity contribution in [3.8, 4) is 5.75 Å². The lowest BCUT2D eigenvalue weighted by molar-refractivity contribution is -0.0500. The number of nitrogens with one attached hydrogen (secondary N) is 1. The first-order valence-corrected chi connectivity index (χ1v) is 8.38. The number of hydrogen-bond donors (Lipinski definition) is 2. The van der Waals surface area contributed by atoms with E-state index in [1.807, 2.05) is 13.8 Å². The van der Waals surface area contributed by atoms with Crippen molar-refractivity contribution in [1.82, 2.24) is 20.5 Å². The lowest BCUT2D eigenvalue weighted by Gasteiger charge is -2.06. The number of carbonyl (C=O) groups excluding carboxylic acids is 1. The summed E-state index contributed by atoms with van der Waals surface area (Å²) in [6, 6.07) is 2.85. The Kier molecular flexibility index (Phi) is 4.94. The van der Waals surface area contributed by atoms with Gasteiger partial charge in [0.05, 0.1) is 29.8 Å². The highest BCUT2D eigenvalue weighted by atomic mass is 32.1. The summed E-state index contributed by atoms with van der Waals surface area (Å²) < 4.78 is 28.5. The Bertz CT molecular complexity index is 959. The molecule has 0 atom stereocenters. The summed E-state index contributed by atoms with van der Waals surface area (Å²) in [7, 11) is 0. The number of amides is 1. The molecule has 3 N–H and O–H groups in total. The van der Waals surface area contributed by atoms with Gasteiger partial charge in [0.25, 0.3) is 5.91 Å². The summed E-state index contributed by atoms with van der Waals surface area (Å²) in [5.74, 6) is -0.412. The summed E-state index contributed by atoms with van der Waals surface area (Å²) >= 11 is 1.16. The number of hydrogen-bond acceptors (Lipinski definition) is 7. The van der Waals surface area contributed by atoms with Crippen LogP contribution in [0.2, 0.25) is 0 Å². The molecule has 0 aliphatic heterocycles. The van der Waals surface area contributed by atoms with Crippen molar-refractivity contribution in [2.45, 2.75) is 27.0 Å². The smallest absolute Gasteiger partial charge is 0.387 e. The molecule has 0 aromatic carbocycles. The topological polar surface area (TPSA) is 103 Å². The molecule has 0 radical (unpaired) electrons. The van der Waals surface area contributed by atoms with Crippen LogP contribution in [0.3, 0.4) is 0 Å². The zero-order chi connectivity index (χ0) is 18.8. The Balaban J connectivity index is 1.73. The van der Waals surface area contributed by atoms with Gasteiger partial charge in [-0.15, -0.1) is 16.4 Å². The first kappa shape index (κ1) is 17.9. The molecule has 0 bridgehead atoms. The highest BCUT2D eigenvalue weighted by Crippen LogP contribution is 2.34. The second kappa shape index (κ2) is 7.16. The maximum absolute atomic E-state index is 12.4. The average molecular weight is 379 g/mol. The summed E-state index contributed by atoms with van der Waals surface area (Å²) in [4.78, 5) is 17.3. The zero-order valence-corrected chi connectivity index (χ0v) is 14.7. The van der Waals surface area contributed by atoms with Gasteiger partial charge in [-0.1, -0.05) is 0 Å². The van der Waals surface area contributed by atoms with Crippen molar-refractivity contribution in [2.24, 2.45) is 0 Å². The molecule has 0 saturated heterocycles. The maximum Gasteiger partial charge on any atom is 0.387 e. The minimum absolute atomic E-state index is 0.0479. The Hall–Kier alpha value is -2.88. The second-order valence-corrected chi connectivity index (χ2v) is 6.48. The summed E-state index contributed by atoms with van der Waals surface area (Å²) in [6.07, 6.45) is 1.17. The van der Waals surface area contributed by atoms with Gasteiger partial charge in [0.15, 0.2) is 0 Å². The molecule has 26 heavy (non-hydrogen) atoms. The number of aromatic nitrogens is 3. The first-order chi connectivity index (χ1) is 12.4. The summed E-state index contributed by atoms with van der Waals surface area (Å²) in [5.41, 5.74) is 8.62. The molecule has 0 aliphatic rings. The Morgan fingerprint density at radius 3 is 2.77 bits per heavy atom. The molecule has 7 nitrogen and oxygen atoms in total. The normalized spacial score (nSPS) is 11.1. The van der Waals surface area contributed by atoms with Crippen molar-refractivity contribution in [2.75, 3.05) is 5.73 Å². The fraction of sp³-hybridized carbons (Fsp3) is 0.250. The van der Waals surface area contributed by atoms with Crippen molar-refractivity contribution < 1.29 is 18.3 Å². The molecule has 3 heterocycles. The molecule has 3 rings (SSSR count). The fourth-order valence-corrected chi connectivity index (χ4v) is 3.37. The van der Waals surface area contributed by atoms with E-state index in [4.69, 9.17) is 5.73 Å². The Labute approximate surface area is 151 Å². The van der Waals surface area contributed by atoms with Crippen molar-refractivity contribution in [3.05, 3.63) is 40.2 Å². The molecule has 0 fully saturated rings. The van der Waals surface area contributed by atoms with E-state index in [-0.39, 0.29) is 18.2 Å². The van der Waals surface area contributed by atoms with Crippen LogP contribution in [0.4, 0.5) is 14.5 Å². The van der Waals surface area contributed by atoms with Crippen LogP contribution in [0.5, 0.6) is 5.75 Å². The van der Waals surface area contributed by atoms with Crippen LogP contribution in [0.25, 0.3) is 10.2 Å². The number of ether oxygens (including phenoxy) is 1. The van der Waals surface area contributed by atoms with Crippen LogP contribution in [-0.4, -0.2) is 27.7 Å². The average Bonchev–Trinajstić information content (AvgIpc) is 2.94. The van der Waals surface area contributed by atoms with E-state index in [0.29, 0.717) is 21.1 Å². The number of carbonyl (C=O) groups is 1. The summed E-state index contributed by atoms with van der Waals surface area (Å²) in [5, 5.41) is 11.6.